The molecule has 0 aliphatic rings. The Bertz CT molecular complexity index is 357. The molecule has 0 aromatic heterocycles. The Morgan fingerprint density at radius 3 is 2.73 bits per heavy atom. The number of benzene rings is 1. The second kappa shape index (κ2) is 4.31. The third kappa shape index (κ3) is 2.95. The van der Waals surface area contributed by atoms with Crippen molar-refractivity contribution in [1.82, 2.24) is 0 Å². The molecule has 1 rings (SSSR count). The second-order valence-electron chi connectivity index (χ2n) is 3.58. The molecule has 0 saturated carbocycles. The van der Waals surface area contributed by atoms with Crippen LogP contribution >= 0.6 is 0 Å². The molecule has 0 saturated heterocycles. The zero-order chi connectivity index (χ0) is 11.5. The number of carboxylic acids is 1. The third-order valence-corrected chi connectivity index (χ3v) is 2.19. The summed E-state index contributed by atoms with van der Waals surface area (Å²) in [6.07, 6.45) is -0.333. The number of rotatable bonds is 4. The van der Waals surface area contributed by atoms with Crippen LogP contribution in [-0.4, -0.2) is 23.3 Å². The van der Waals surface area contributed by atoms with Crippen LogP contribution in [0.25, 0.3) is 0 Å². The van der Waals surface area contributed by atoms with Crippen molar-refractivity contribution in [1.29, 1.82) is 0 Å². The van der Waals surface area contributed by atoms with Crippen molar-refractivity contribution in [2.24, 2.45) is 0 Å². The molecule has 4 heteroatoms. The molecule has 1 unspecified atom stereocenters. The van der Waals surface area contributed by atoms with E-state index >= 15 is 0 Å². The van der Waals surface area contributed by atoms with E-state index < -0.39 is 11.6 Å². The first kappa shape index (κ1) is 11.5. The standard InChI is InChI=1S/C11H14O4/c1-11(14,7-10(12)13)8-4-3-5-9(6-8)15-2/h3-6,14H,7H2,1-2H3,(H,12,13). The van der Waals surface area contributed by atoms with Gasteiger partial charge < -0.3 is 14.9 Å². The first-order chi connectivity index (χ1) is 6.95. The van der Waals surface area contributed by atoms with Gasteiger partial charge in [0.25, 0.3) is 0 Å². The number of hydrogen-bond donors (Lipinski definition) is 2. The minimum atomic E-state index is -1.37. The van der Waals surface area contributed by atoms with Crippen LogP contribution < -0.4 is 4.74 Å². The van der Waals surface area contributed by atoms with Gasteiger partial charge in [0, 0.05) is 0 Å². The lowest BCUT2D eigenvalue weighted by Gasteiger charge is -2.21. The maximum atomic E-state index is 10.6. The molecular weight excluding hydrogens is 196 g/mol. The number of aliphatic carboxylic acids is 1. The molecule has 0 amide bonds. The quantitative estimate of drug-likeness (QED) is 0.787. The summed E-state index contributed by atoms with van der Waals surface area (Å²) < 4.78 is 5.00. The van der Waals surface area contributed by atoms with Crippen LogP contribution in [0, 0.1) is 0 Å². The highest BCUT2D eigenvalue weighted by Gasteiger charge is 2.26. The van der Waals surface area contributed by atoms with Crippen molar-refractivity contribution in [2.45, 2.75) is 18.9 Å². The monoisotopic (exact) mass is 210 g/mol. The van der Waals surface area contributed by atoms with Gasteiger partial charge in [-0.2, -0.15) is 0 Å². The van der Waals surface area contributed by atoms with Crippen LogP contribution in [0.15, 0.2) is 24.3 Å². The molecule has 0 spiro atoms. The Morgan fingerprint density at radius 2 is 2.20 bits per heavy atom. The van der Waals surface area contributed by atoms with Gasteiger partial charge in [-0.25, -0.2) is 0 Å². The van der Waals surface area contributed by atoms with E-state index in [1.54, 1.807) is 24.3 Å². The largest absolute Gasteiger partial charge is 0.497 e. The molecule has 4 nitrogen and oxygen atoms in total. The number of carboxylic acid groups (broad SMARTS) is 1. The number of hydrogen-bond acceptors (Lipinski definition) is 3. The SMILES string of the molecule is COc1cccc(C(C)(O)CC(=O)O)c1. The highest BCUT2D eigenvalue weighted by molar-refractivity contribution is 5.68. The Morgan fingerprint density at radius 1 is 1.53 bits per heavy atom. The molecule has 15 heavy (non-hydrogen) atoms. The smallest absolute Gasteiger partial charge is 0.306 e. The lowest BCUT2D eigenvalue weighted by Crippen LogP contribution is -2.24. The van der Waals surface area contributed by atoms with E-state index in [0.29, 0.717) is 11.3 Å². The molecule has 2 N–H and O–H groups in total. The Balaban J connectivity index is 2.98. The van der Waals surface area contributed by atoms with Crippen molar-refractivity contribution in [3.63, 3.8) is 0 Å². The summed E-state index contributed by atoms with van der Waals surface area (Å²) >= 11 is 0. The van der Waals surface area contributed by atoms with E-state index in [1.165, 1.54) is 14.0 Å². The van der Waals surface area contributed by atoms with Gasteiger partial charge in [0.2, 0.25) is 0 Å². The maximum Gasteiger partial charge on any atom is 0.306 e. The molecule has 1 atom stereocenters. The number of methoxy groups -OCH3 is 1. The van der Waals surface area contributed by atoms with Crippen LogP contribution in [0.1, 0.15) is 18.9 Å². The fourth-order valence-electron chi connectivity index (χ4n) is 1.35. The average Bonchev–Trinajstić information content (AvgIpc) is 2.16. The summed E-state index contributed by atoms with van der Waals surface area (Å²) in [7, 11) is 1.52. The predicted molar refractivity (Wildman–Crippen MR) is 54.8 cm³/mol. The normalized spacial score (nSPS) is 14.3. The molecular formula is C11H14O4. The maximum absolute atomic E-state index is 10.6. The molecule has 0 aliphatic heterocycles. The van der Waals surface area contributed by atoms with Crippen molar-refractivity contribution >= 4 is 5.97 Å². The van der Waals surface area contributed by atoms with E-state index in [1.807, 2.05) is 0 Å². The molecule has 0 bridgehead atoms. The second-order valence-corrected chi connectivity index (χ2v) is 3.58. The molecule has 82 valence electrons. The molecule has 0 radical (unpaired) electrons. The lowest BCUT2D eigenvalue weighted by atomic mass is 9.92. The van der Waals surface area contributed by atoms with Crippen molar-refractivity contribution in [3.05, 3.63) is 29.8 Å². The number of ether oxygens (including phenoxy) is 1. The first-order valence-corrected chi connectivity index (χ1v) is 4.54. The van der Waals surface area contributed by atoms with Crippen LogP contribution in [-0.2, 0) is 10.4 Å². The van der Waals surface area contributed by atoms with E-state index in [0.717, 1.165) is 0 Å². The van der Waals surface area contributed by atoms with Gasteiger partial charge in [-0.05, 0) is 24.6 Å². The van der Waals surface area contributed by atoms with Crippen LogP contribution in [0.3, 0.4) is 0 Å². The van der Waals surface area contributed by atoms with Gasteiger partial charge in [0.15, 0.2) is 0 Å². The van der Waals surface area contributed by atoms with Crippen LogP contribution in [0.4, 0.5) is 0 Å². The number of carbonyl (C=O) groups is 1. The lowest BCUT2D eigenvalue weighted by molar-refractivity contribution is -0.142. The van der Waals surface area contributed by atoms with Gasteiger partial charge in [-0.3, -0.25) is 4.79 Å². The van der Waals surface area contributed by atoms with Gasteiger partial charge in [-0.1, -0.05) is 12.1 Å². The molecule has 1 aromatic rings. The fourth-order valence-corrected chi connectivity index (χ4v) is 1.35. The third-order valence-electron chi connectivity index (χ3n) is 2.19. The predicted octanol–water partition coefficient (Wildman–Crippen LogP) is 1.38. The summed E-state index contributed by atoms with van der Waals surface area (Å²) in [5.74, 6) is -0.444. The zero-order valence-corrected chi connectivity index (χ0v) is 8.73. The van der Waals surface area contributed by atoms with Gasteiger partial charge in [0.05, 0.1) is 19.1 Å². The van der Waals surface area contributed by atoms with Gasteiger partial charge in [-0.15, -0.1) is 0 Å². The zero-order valence-electron chi connectivity index (χ0n) is 8.73. The first-order valence-electron chi connectivity index (χ1n) is 4.54. The van der Waals surface area contributed by atoms with Crippen LogP contribution in [0.5, 0.6) is 5.75 Å². The van der Waals surface area contributed by atoms with Crippen molar-refractivity contribution in [2.75, 3.05) is 7.11 Å². The Hall–Kier alpha value is -1.55. The van der Waals surface area contributed by atoms with Crippen molar-refractivity contribution < 1.29 is 19.7 Å². The minimum Gasteiger partial charge on any atom is -0.497 e. The van der Waals surface area contributed by atoms with Crippen LogP contribution in [0.2, 0.25) is 0 Å². The van der Waals surface area contributed by atoms with Crippen molar-refractivity contribution in [3.8, 4) is 5.75 Å². The molecule has 0 fully saturated rings. The van der Waals surface area contributed by atoms with E-state index in [9.17, 15) is 9.90 Å². The number of aliphatic hydroxyl groups is 1. The molecule has 0 heterocycles. The fraction of sp³-hybridized carbons (Fsp3) is 0.364. The van der Waals surface area contributed by atoms with E-state index in [-0.39, 0.29) is 6.42 Å². The summed E-state index contributed by atoms with van der Waals surface area (Å²) in [6, 6.07) is 6.75. The summed E-state index contributed by atoms with van der Waals surface area (Å²) in [5, 5.41) is 18.6. The molecule has 0 aliphatic carbocycles. The Labute approximate surface area is 88.1 Å². The van der Waals surface area contributed by atoms with Gasteiger partial charge in [0.1, 0.15) is 5.75 Å². The summed E-state index contributed by atoms with van der Waals surface area (Å²) in [5.41, 5.74) is -0.843. The Kier molecular flexibility index (Phi) is 3.31. The molecule has 1 aromatic carbocycles. The summed E-state index contributed by atoms with van der Waals surface area (Å²) in [4.78, 5) is 10.6. The highest BCUT2D eigenvalue weighted by atomic mass is 16.5. The topological polar surface area (TPSA) is 66.8 Å². The minimum absolute atomic E-state index is 0.333. The van der Waals surface area contributed by atoms with E-state index in [2.05, 4.69) is 0 Å². The average molecular weight is 210 g/mol. The summed E-state index contributed by atoms with van der Waals surface area (Å²) in [6.45, 7) is 1.47. The van der Waals surface area contributed by atoms with Gasteiger partial charge >= 0.3 is 5.97 Å². The van der Waals surface area contributed by atoms with E-state index in [4.69, 9.17) is 9.84 Å². The highest BCUT2D eigenvalue weighted by Crippen LogP contribution is 2.27.